The van der Waals surface area contributed by atoms with E-state index < -0.39 is 0 Å². The molecule has 2 aromatic carbocycles. The van der Waals surface area contributed by atoms with Gasteiger partial charge in [-0.15, -0.1) is 0 Å². The fraction of sp³-hybridized carbons (Fsp3) is 0.235. The zero-order valence-corrected chi connectivity index (χ0v) is 11.8. The quantitative estimate of drug-likeness (QED) is 0.858. The number of ether oxygens (including phenoxy) is 2. The summed E-state index contributed by atoms with van der Waals surface area (Å²) in [5.41, 5.74) is 2.42. The Hall–Kier alpha value is -2.33. The van der Waals surface area contributed by atoms with Gasteiger partial charge in [0.15, 0.2) is 0 Å². The van der Waals surface area contributed by atoms with Crippen LogP contribution in [0.15, 0.2) is 48.5 Å². The fourth-order valence-electron chi connectivity index (χ4n) is 2.01. The molecule has 3 rings (SSSR count). The average molecular weight is 283 g/mol. The van der Waals surface area contributed by atoms with Gasteiger partial charge in [0.05, 0.1) is 6.61 Å². The Kier molecular flexibility index (Phi) is 3.88. The Morgan fingerprint density at radius 2 is 2.10 bits per heavy atom. The second kappa shape index (κ2) is 5.97. The molecule has 0 aromatic heterocycles. The molecule has 0 radical (unpaired) electrons. The van der Waals surface area contributed by atoms with Gasteiger partial charge in [-0.3, -0.25) is 4.79 Å². The van der Waals surface area contributed by atoms with Gasteiger partial charge in [-0.2, -0.15) is 0 Å². The minimum Gasteiger partial charge on any atom is -0.491 e. The van der Waals surface area contributed by atoms with Gasteiger partial charge < -0.3 is 14.8 Å². The maximum absolute atomic E-state index is 12.2. The van der Waals surface area contributed by atoms with Gasteiger partial charge >= 0.3 is 0 Å². The SMILES string of the molecule is Cc1cccc(C(=O)Nc2cccc(OCC3CO3)c2)c1. The standard InChI is InChI=1S/C17H17NO3/c1-12-4-2-5-13(8-12)17(19)18-14-6-3-7-15(9-14)20-10-16-11-21-16/h2-9,16H,10-11H2,1H3,(H,18,19). The van der Waals surface area contributed by atoms with Crippen LogP contribution in [0, 0.1) is 6.92 Å². The zero-order chi connectivity index (χ0) is 14.7. The number of rotatable bonds is 5. The predicted molar refractivity (Wildman–Crippen MR) is 80.8 cm³/mol. The van der Waals surface area contributed by atoms with Gasteiger partial charge in [0.25, 0.3) is 5.91 Å². The Morgan fingerprint density at radius 1 is 1.29 bits per heavy atom. The van der Waals surface area contributed by atoms with Crippen molar-refractivity contribution in [2.24, 2.45) is 0 Å². The molecular formula is C17H17NO3. The highest BCUT2D eigenvalue weighted by Crippen LogP contribution is 2.20. The van der Waals surface area contributed by atoms with Crippen LogP contribution in [0.1, 0.15) is 15.9 Å². The van der Waals surface area contributed by atoms with Crippen molar-refractivity contribution in [1.82, 2.24) is 0 Å². The first kappa shape index (κ1) is 13.6. The molecule has 0 spiro atoms. The molecule has 0 saturated carbocycles. The van der Waals surface area contributed by atoms with E-state index in [1.54, 1.807) is 6.07 Å². The van der Waals surface area contributed by atoms with Crippen molar-refractivity contribution in [3.8, 4) is 5.75 Å². The maximum Gasteiger partial charge on any atom is 0.255 e. The molecular weight excluding hydrogens is 266 g/mol. The first-order chi connectivity index (χ1) is 10.2. The molecule has 0 bridgehead atoms. The third-order valence-corrected chi connectivity index (χ3v) is 3.21. The lowest BCUT2D eigenvalue weighted by atomic mass is 10.1. The van der Waals surface area contributed by atoms with Crippen LogP contribution in [0.5, 0.6) is 5.75 Å². The van der Waals surface area contributed by atoms with Gasteiger partial charge in [-0.1, -0.05) is 23.8 Å². The number of benzene rings is 2. The van der Waals surface area contributed by atoms with Crippen LogP contribution in [0.3, 0.4) is 0 Å². The summed E-state index contributed by atoms with van der Waals surface area (Å²) in [5.74, 6) is 0.605. The van der Waals surface area contributed by atoms with Crippen molar-refractivity contribution < 1.29 is 14.3 Å². The molecule has 4 heteroatoms. The minimum absolute atomic E-state index is 0.124. The summed E-state index contributed by atoms with van der Waals surface area (Å²) in [6.45, 7) is 3.28. The summed E-state index contributed by atoms with van der Waals surface area (Å²) in [6, 6.07) is 14.9. The lowest BCUT2D eigenvalue weighted by Gasteiger charge is -2.09. The summed E-state index contributed by atoms with van der Waals surface area (Å²) in [4.78, 5) is 12.2. The molecule has 1 heterocycles. The lowest BCUT2D eigenvalue weighted by molar-refractivity contribution is 0.102. The average Bonchev–Trinajstić information content (AvgIpc) is 3.30. The van der Waals surface area contributed by atoms with E-state index in [9.17, 15) is 4.79 Å². The minimum atomic E-state index is -0.124. The highest BCUT2D eigenvalue weighted by molar-refractivity contribution is 6.04. The number of hydrogen-bond acceptors (Lipinski definition) is 3. The lowest BCUT2D eigenvalue weighted by Crippen LogP contribution is -2.12. The van der Waals surface area contributed by atoms with Crippen LogP contribution in [0.2, 0.25) is 0 Å². The molecule has 1 aliphatic heterocycles. The van der Waals surface area contributed by atoms with Crippen molar-refractivity contribution >= 4 is 11.6 Å². The summed E-state index contributed by atoms with van der Waals surface area (Å²) < 4.78 is 10.7. The zero-order valence-electron chi connectivity index (χ0n) is 11.8. The van der Waals surface area contributed by atoms with E-state index in [1.165, 1.54) is 0 Å². The number of epoxide rings is 1. The summed E-state index contributed by atoms with van der Waals surface area (Å²) in [5, 5.41) is 2.88. The smallest absolute Gasteiger partial charge is 0.255 e. The number of hydrogen-bond donors (Lipinski definition) is 1. The normalized spacial score (nSPS) is 16.3. The van der Waals surface area contributed by atoms with E-state index in [-0.39, 0.29) is 12.0 Å². The first-order valence-corrected chi connectivity index (χ1v) is 6.93. The number of nitrogens with one attached hydrogen (secondary N) is 1. The van der Waals surface area contributed by atoms with Crippen molar-refractivity contribution in [3.05, 3.63) is 59.7 Å². The van der Waals surface area contributed by atoms with Crippen molar-refractivity contribution in [3.63, 3.8) is 0 Å². The molecule has 1 atom stereocenters. The highest BCUT2D eigenvalue weighted by Gasteiger charge is 2.23. The Bertz CT molecular complexity index is 650. The van der Waals surface area contributed by atoms with Crippen LogP contribution in [-0.2, 0) is 4.74 Å². The van der Waals surface area contributed by atoms with Crippen LogP contribution in [0.4, 0.5) is 5.69 Å². The maximum atomic E-state index is 12.2. The fourth-order valence-corrected chi connectivity index (χ4v) is 2.01. The monoisotopic (exact) mass is 283 g/mol. The van der Waals surface area contributed by atoms with E-state index in [2.05, 4.69) is 5.32 Å². The Morgan fingerprint density at radius 3 is 2.86 bits per heavy atom. The van der Waals surface area contributed by atoms with Crippen LogP contribution < -0.4 is 10.1 Å². The largest absolute Gasteiger partial charge is 0.491 e. The van der Waals surface area contributed by atoms with Crippen molar-refractivity contribution in [2.45, 2.75) is 13.0 Å². The van der Waals surface area contributed by atoms with Gasteiger partial charge in [-0.25, -0.2) is 0 Å². The molecule has 1 N–H and O–H groups in total. The number of carbonyl (C=O) groups excluding carboxylic acids is 1. The van der Waals surface area contributed by atoms with Gasteiger partial charge in [0, 0.05) is 17.3 Å². The second-order valence-corrected chi connectivity index (χ2v) is 5.12. The van der Waals surface area contributed by atoms with Crippen molar-refractivity contribution in [2.75, 3.05) is 18.5 Å². The molecule has 2 aromatic rings. The summed E-state index contributed by atoms with van der Waals surface area (Å²) in [7, 11) is 0. The predicted octanol–water partition coefficient (Wildman–Crippen LogP) is 3.02. The first-order valence-electron chi connectivity index (χ1n) is 6.93. The number of aryl methyl sites for hydroxylation is 1. The molecule has 1 amide bonds. The highest BCUT2D eigenvalue weighted by atomic mass is 16.6. The Labute approximate surface area is 123 Å². The molecule has 108 valence electrons. The van der Waals surface area contributed by atoms with Crippen LogP contribution in [0.25, 0.3) is 0 Å². The molecule has 1 unspecified atom stereocenters. The number of carbonyl (C=O) groups is 1. The molecule has 21 heavy (non-hydrogen) atoms. The number of amides is 1. The van der Waals surface area contributed by atoms with Crippen molar-refractivity contribution in [1.29, 1.82) is 0 Å². The molecule has 1 fully saturated rings. The van der Waals surface area contributed by atoms with E-state index in [1.807, 2.05) is 49.4 Å². The van der Waals surface area contributed by atoms with E-state index in [0.29, 0.717) is 12.2 Å². The number of anilines is 1. The van der Waals surface area contributed by atoms with Crippen LogP contribution in [-0.4, -0.2) is 25.2 Å². The molecule has 0 aliphatic carbocycles. The molecule has 1 saturated heterocycles. The molecule has 4 nitrogen and oxygen atoms in total. The second-order valence-electron chi connectivity index (χ2n) is 5.12. The summed E-state index contributed by atoms with van der Waals surface area (Å²) in [6.07, 6.45) is 0.218. The third kappa shape index (κ3) is 3.83. The topological polar surface area (TPSA) is 50.9 Å². The summed E-state index contributed by atoms with van der Waals surface area (Å²) >= 11 is 0. The van der Waals surface area contributed by atoms with E-state index >= 15 is 0 Å². The van der Waals surface area contributed by atoms with Gasteiger partial charge in [-0.05, 0) is 31.2 Å². The van der Waals surface area contributed by atoms with Crippen LogP contribution >= 0.6 is 0 Å². The molecule has 1 aliphatic rings. The third-order valence-electron chi connectivity index (χ3n) is 3.21. The van der Waals surface area contributed by atoms with Gasteiger partial charge in [0.2, 0.25) is 0 Å². The van der Waals surface area contributed by atoms with E-state index in [0.717, 1.165) is 23.6 Å². The Balaban J connectivity index is 1.66. The van der Waals surface area contributed by atoms with E-state index in [4.69, 9.17) is 9.47 Å². The van der Waals surface area contributed by atoms with Gasteiger partial charge in [0.1, 0.15) is 18.5 Å².